The monoisotopic (exact) mass is 283 g/mol. The fraction of sp³-hybridized carbons (Fsp3) is 0.235. The molecule has 0 saturated carbocycles. The molecule has 1 unspecified atom stereocenters. The van der Waals surface area contributed by atoms with Crippen molar-refractivity contribution < 1.29 is 13.9 Å². The Morgan fingerprint density at radius 1 is 1.29 bits per heavy atom. The molecule has 0 radical (unpaired) electrons. The maximum Gasteiger partial charge on any atom is 0.244 e. The largest absolute Gasteiger partial charge is 0.465 e. The van der Waals surface area contributed by atoms with Crippen LogP contribution in [0.3, 0.4) is 0 Å². The highest BCUT2D eigenvalue weighted by Gasteiger charge is 2.20. The number of amides is 1. The predicted octanol–water partition coefficient (Wildman–Crippen LogP) is 2.72. The Hall–Kier alpha value is -2.33. The van der Waals surface area contributed by atoms with Crippen LogP contribution >= 0.6 is 0 Å². The summed E-state index contributed by atoms with van der Waals surface area (Å²) >= 11 is 0. The van der Waals surface area contributed by atoms with Crippen molar-refractivity contribution >= 4 is 12.0 Å². The molecule has 1 atom stereocenters. The van der Waals surface area contributed by atoms with Crippen LogP contribution in [0.2, 0.25) is 0 Å². The average molecular weight is 283 g/mol. The van der Waals surface area contributed by atoms with Gasteiger partial charge in [-0.15, -0.1) is 0 Å². The molecule has 2 aromatic rings. The molecule has 4 nitrogen and oxygen atoms in total. The highest BCUT2D eigenvalue weighted by atomic mass is 16.5. The van der Waals surface area contributed by atoms with E-state index in [1.165, 1.54) is 17.2 Å². The molecule has 21 heavy (non-hydrogen) atoms. The summed E-state index contributed by atoms with van der Waals surface area (Å²) in [6, 6.07) is 11.8. The predicted molar refractivity (Wildman–Crippen MR) is 79.6 cm³/mol. The van der Waals surface area contributed by atoms with Gasteiger partial charge in [0.1, 0.15) is 11.9 Å². The van der Waals surface area contributed by atoms with Crippen molar-refractivity contribution in [2.45, 2.75) is 12.5 Å². The summed E-state index contributed by atoms with van der Waals surface area (Å²) in [4.78, 5) is 11.8. The first-order valence-corrected chi connectivity index (χ1v) is 7.02. The Bertz CT molecular complexity index is 631. The van der Waals surface area contributed by atoms with E-state index in [4.69, 9.17) is 9.15 Å². The average Bonchev–Trinajstić information content (AvgIpc) is 3.04. The number of furan rings is 1. The van der Waals surface area contributed by atoms with Crippen LogP contribution in [-0.2, 0) is 16.0 Å². The van der Waals surface area contributed by atoms with Crippen molar-refractivity contribution in [3.8, 4) is 0 Å². The van der Waals surface area contributed by atoms with Crippen LogP contribution in [-0.4, -0.2) is 19.1 Å². The van der Waals surface area contributed by atoms with E-state index in [9.17, 15) is 4.79 Å². The van der Waals surface area contributed by atoms with Gasteiger partial charge in [0, 0.05) is 12.6 Å². The van der Waals surface area contributed by atoms with Gasteiger partial charge in [0.2, 0.25) is 5.91 Å². The molecule has 3 rings (SSSR count). The maximum atomic E-state index is 11.8. The zero-order chi connectivity index (χ0) is 14.5. The number of nitrogens with one attached hydrogen (secondary N) is 1. The van der Waals surface area contributed by atoms with E-state index in [1.807, 2.05) is 12.1 Å². The van der Waals surface area contributed by atoms with Crippen molar-refractivity contribution in [1.29, 1.82) is 0 Å². The Kier molecular flexibility index (Phi) is 4.17. The standard InChI is InChI=1S/C17H17NO3/c19-17(8-7-14-5-3-10-20-14)18-12-16-15-6-2-1-4-13(15)9-11-21-16/h1-8,10,16H,9,11-12H2,(H,18,19)/b8-7+. The van der Waals surface area contributed by atoms with E-state index in [2.05, 4.69) is 17.4 Å². The second kappa shape index (κ2) is 6.41. The third-order valence-corrected chi connectivity index (χ3v) is 3.50. The Labute approximate surface area is 123 Å². The SMILES string of the molecule is O=C(/C=C/c1ccco1)NCC1OCCc2ccccc21. The minimum Gasteiger partial charge on any atom is -0.465 e. The normalized spacial score (nSPS) is 17.6. The molecule has 0 bridgehead atoms. The number of hydrogen-bond donors (Lipinski definition) is 1. The molecule has 0 fully saturated rings. The molecule has 1 amide bonds. The molecule has 1 aromatic heterocycles. The van der Waals surface area contributed by atoms with Crippen LogP contribution in [0.15, 0.2) is 53.2 Å². The molecule has 0 spiro atoms. The molecule has 4 heteroatoms. The summed E-state index contributed by atoms with van der Waals surface area (Å²) in [6.45, 7) is 1.16. The van der Waals surface area contributed by atoms with Crippen LogP contribution in [0.1, 0.15) is 23.0 Å². The van der Waals surface area contributed by atoms with Gasteiger partial charge >= 0.3 is 0 Å². The first-order valence-electron chi connectivity index (χ1n) is 7.02. The minimum absolute atomic E-state index is 0.0732. The summed E-state index contributed by atoms with van der Waals surface area (Å²) in [5.74, 6) is 0.502. The molecule has 0 aliphatic carbocycles. The van der Waals surface area contributed by atoms with Gasteiger partial charge < -0.3 is 14.5 Å². The Morgan fingerprint density at radius 3 is 3.05 bits per heavy atom. The highest BCUT2D eigenvalue weighted by molar-refractivity contribution is 5.91. The number of benzene rings is 1. The van der Waals surface area contributed by atoms with Gasteiger partial charge in [-0.05, 0) is 35.8 Å². The minimum atomic E-state index is -0.155. The number of fused-ring (bicyclic) bond motifs is 1. The molecule has 2 heterocycles. The van der Waals surface area contributed by atoms with Gasteiger partial charge in [0.15, 0.2) is 0 Å². The molecular weight excluding hydrogens is 266 g/mol. The lowest BCUT2D eigenvalue weighted by atomic mass is 9.97. The zero-order valence-electron chi connectivity index (χ0n) is 11.6. The number of rotatable bonds is 4. The Morgan fingerprint density at radius 2 is 2.19 bits per heavy atom. The smallest absolute Gasteiger partial charge is 0.244 e. The van der Waals surface area contributed by atoms with Gasteiger partial charge in [-0.2, -0.15) is 0 Å². The van der Waals surface area contributed by atoms with E-state index in [-0.39, 0.29) is 12.0 Å². The number of hydrogen-bond acceptors (Lipinski definition) is 3. The second-order valence-corrected chi connectivity index (χ2v) is 4.90. The van der Waals surface area contributed by atoms with Gasteiger partial charge in [-0.1, -0.05) is 24.3 Å². The van der Waals surface area contributed by atoms with Crippen LogP contribution in [0.5, 0.6) is 0 Å². The van der Waals surface area contributed by atoms with E-state index < -0.39 is 0 Å². The Balaban J connectivity index is 1.57. The van der Waals surface area contributed by atoms with Crippen LogP contribution < -0.4 is 5.32 Å². The van der Waals surface area contributed by atoms with Crippen LogP contribution in [0.25, 0.3) is 6.08 Å². The van der Waals surface area contributed by atoms with Crippen LogP contribution in [0.4, 0.5) is 0 Å². The fourth-order valence-corrected chi connectivity index (χ4v) is 2.44. The summed E-state index contributed by atoms with van der Waals surface area (Å²) in [5, 5.41) is 2.86. The molecule has 0 saturated heterocycles. The lowest BCUT2D eigenvalue weighted by molar-refractivity contribution is -0.117. The third kappa shape index (κ3) is 3.41. The fourth-order valence-electron chi connectivity index (χ4n) is 2.44. The van der Waals surface area contributed by atoms with Gasteiger partial charge in [-0.3, -0.25) is 4.79 Å². The van der Waals surface area contributed by atoms with Gasteiger partial charge in [0.05, 0.1) is 12.9 Å². The summed E-state index contributed by atoms with van der Waals surface area (Å²) in [7, 11) is 0. The van der Waals surface area contributed by atoms with E-state index >= 15 is 0 Å². The summed E-state index contributed by atoms with van der Waals surface area (Å²) < 4.78 is 10.9. The highest BCUT2D eigenvalue weighted by Crippen LogP contribution is 2.26. The lowest BCUT2D eigenvalue weighted by Crippen LogP contribution is -2.30. The second-order valence-electron chi connectivity index (χ2n) is 4.90. The maximum absolute atomic E-state index is 11.8. The molecule has 1 aliphatic rings. The van der Waals surface area contributed by atoms with E-state index in [0.717, 1.165) is 6.42 Å². The molecule has 1 aromatic carbocycles. The molecule has 1 aliphatic heterocycles. The van der Waals surface area contributed by atoms with E-state index in [0.29, 0.717) is 18.9 Å². The number of carbonyl (C=O) groups is 1. The quantitative estimate of drug-likeness (QED) is 0.878. The zero-order valence-corrected chi connectivity index (χ0v) is 11.6. The van der Waals surface area contributed by atoms with Crippen molar-refractivity contribution in [3.05, 3.63) is 65.6 Å². The summed E-state index contributed by atoms with van der Waals surface area (Å²) in [6.07, 6.45) is 5.54. The van der Waals surface area contributed by atoms with Crippen molar-refractivity contribution in [2.24, 2.45) is 0 Å². The van der Waals surface area contributed by atoms with Crippen molar-refractivity contribution in [1.82, 2.24) is 5.32 Å². The van der Waals surface area contributed by atoms with Crippen molar-refractivity contribution in [2.75, 3.05) is 13.2 Å². The lowest BCUT2D eigenvalue weighted by Gasteiger charge is -2.26. The topological polar surface area (TPSA) is 51.5 Å². The first-order chi connectivity index (χ1) is 10.3. The number of ether oxygens (including phenoxy) is 1. The molecular formula is C17H17NO3. The molecule has 108 valence electrons. The van der Waals surface area contributed by atoms with Gasteiger partial charge in [-0.25, -0.2) is 0 Å². The summed E-state index contributed by atoms with van der Waals surface area (Å²) in [5.41, 5.74) is 2.47. The van der Waals surface area contributed by atoms with Crippen LogP contribution in [0, 0.1) is 0 Å². The number of carbonyl (C=O) groups excluding carboxylic acids is 1. The van der Waals surface area contributed by atoms with Gasteiger partial charge in [0.25, 0.3) is 0 Å². The van der Waals surface area contributed by atoms with Crippen molar-refractivity contribution in [3.63, 3.8) is 0 Å². The third-order valence-electron chi connectivity index (χ3n) is 3.50. The van der Waals surface area contributed by atoms with E-state index in [1.54, 1.807) is 24.5 Å². The molecule has 1 N–H and O–H groups in total. The first kappa shape index (κ1) is 13.6.